The number of hydrogen-bond acceptors (Lipinski definition) is 4. The number of carboxylic acid groups (broad SMARTS) is 1. The molecule has 104 valence electrons. The maximum Gasteiger partial charge on any atom is 0.308 e. The molecule has 0 aromatic carbocycles. The highest BCUT2D eigenvalue weighted by molar-refractivity contribution is 6.00. The van der Waals surface area contributed by atoms with Gasteiger partial charge in [0.25, 0.3) is 5.91 Å². The fraction of sp³-hybridized carbons (Fsp3) is 0.385. The van der Waals surface area contributed by atoms with Crippen molar-refractivity contribution in [1.82, 2.24) is 19.7 Å². The zero-order valence-electron chi connectivity index (χ0n) is 10.9. The van der Waals surface area contributed by atoms with Crippen molar-refractivity contribution in [3.05, 3.63) is 30.1 Å². The molecule has 1 aliphatic rings. The number of aromatic nitrogens is 3. The van der Waals surface area contributed by atoms with E-state index >= 15 is 0 Å². The summed E-state index contributed by atoms with van der Waals surface area (Å²) in [5.41, 5.74) is 1.08. The summed E-state index contributed by atoms with van der Waals surface area (Å²) in [6, 6.07) is 3.50. The van der Waals surface area contributed by atoms with E-state index in [2.05, 4.69) is 10.2 Å². The fourth-order valence-electron chi connectivity index (χ4n) is 2.62. The fourth-order valence-corrected chi connectivity index (χ4v) is 2.62. The van der Waals surface area contributed by atoms with Gasteiger partial charge >= 0.3 is 5.97 Å². The van der Waals surface area contributed by atoms with Crippen molar-refractivity contribution in [2.45, 2.75) is 6.92 Å². The monoisotopic (exact) mass is 274 g/mol. The van der Waals surface area contributed by atoms with Gasteiger partial charge in [0.1, 0.15) is 5.52 Å². The third kappa shape index (κ3) is 1.91. The first-order valence-corrected chi connectivity index (χ1v) is 6.39. The molecule has 20 heavy (non-hydrogen) atoms. The smallest absolute Gasteiger partial charge is 0.308 e. The average Bonchev–Trinajstić information content (AvgIpc) is 3.01. The molecule has 1 saturated heterocycles. The lowest BCUT2D eigenvalue weighted by molar-refractivity contribution is -0.142. The summed E-state index contributed by atoms with van der Waals surface area (Å²) in [6.45, 7) is 2.55. The van der Waals surface area contributed by atoms with Gasteiger partial charge in [0.15, 0.2) is 0 Å². The lowest BCUT2D eigenvalue weighted by Gasteiger charge is -2.14. The molecule has 7 nitrogen and oxygen atoms in total. The molecule has 7 heteroatoms. The van der Waals surface area contributed by atoms with Crippen molar-refractivity contribution < 1.29 is 14.7 Å². The lowest BCUT2D eigenvalue weighted by atomic mass is 9.99. The van der Waals surface area contributed by atoms with Crippen LogP contribution in [0.3, 0.4) is 0 Å². The maximum atomic E-state index is 12.5. The van der Waals surface area contributed by atoms with Gasteiger partial charge in [0.2, 0.25) is 0 Å². The summed E-state index contributed by atoms with van der Waals surface area (Å²) in [5.74, 6) is -1.59. The Morgan fingerprint density at radius 2 is 2.15 bits per heavy atom. The van der Waals surface area contributed by atoms with Crippen molar-refractivity contribution in [1.29, 1.82) is 0 Å². The van der Waals surface area contributed by atoms with Gasteiger partial charge in [-0.2, -0.15) is 14.8 Å². The third-order valence-electron chi connectivity index (χ3n) is 3.75. The van der Waals surface area contributed by atoms with Gasteiger partial charge in [-0.1, -0.05) is 6.92 Å². The zero-order chi connectivity index (χ0) is 14.3. The minimum Gasteiger partial charge on any atom is -0.481 e. The van der Waals surface area contributed by atoms with Crippen molar-refractivity contribution >= 4 is 17.4 Å². The highest BCUT2D eigenvalue weighted by Gasteiger charge is 2.37. The Kier molecular flexibility index (Phi) is 2.89. The molecular weight excluding hydrogens is 260 g/mol. The third-order valence-corrected chi connectivity index (χ3v) is 3.75. The van der Waals surface area contributed by atoms with Gasteiger partial charge in [0, 0.05) is 19.3 Å². The Balaban J connectivity index is 1.89. The number of aliphatic carboxylic acids is 1. The predicted molar refractivity (Wildman–Crippen MR) is 69.2 cm³/mol. The molecule has 1 aliphatic heterocycles. The van der Waals surface area contributed by atoms with Crippen molar-refractivity contribution in [3.8, 4) is 0 Å². The largest absolute Gasteiger partial charge is 0.481 e. The highest BCUT2D eigenvalue weighted by atomic mass is 16.4. The summed E-state index contributed by atoms with van der Waals surface area (Å²) in [5, 5.41) is 17.2. The standard InChI is InChI=1S/C13H14N4O3/c1-8-6-16(7-10(8)13(19)20)12(18)9-5-15-17-11(9)3-2-4-14-17/h2-5,8,10H,6-7H2,1H3,(H,19,20)/t8-,10-/m1/s1. The quantitative estimate of drug-likeness (QED) is 0.862. The van der Waals surface area contributed by atoms with Crippen molar-refractivity contribution in [2.75, 3.05) is 13.1 Å². The second-order valence-corrected chi connectivity index (χ2v) is 5.09. The number of amides is 1. The summed E-state index contributed by atoms with van der Waals surface area (Å²) >= 11 is 0. The average molecular weight is 274 g/mol. The van der Waals surface area contributed by atoms with E-state index in [1.807, 2.05) is 6.92 Å². The van der Waals surface area contributed by atoms with Gasteiger partial charge < -0.3 is 10.0 Å². The molecule has 0 unspecified atom stereocenters. The number of hydrogen-bond donors (Lipinski definition) is 1. The number of fused-ring (bicyclic) bond motifs is 1. The Morgan fingerprint density at radius 3 is 2.85 bits per heavy atom. The second kappa shape index (κ2) is 4.59. The minimum atomic E-state index is -0.852. The number of likely N-dealkylation sites (tertiary alicyclic amines) is 1. The first-order valence-electron chi connectivity index (χ1n) is 6.39. The first kappa shape index (κ1) is 12.6. The number of carbonyl (C=O) groups is 2. The van der Waals surface area contributed by atoms with Crippen LogP contribution in [0.15, 0.2) is 24.5 Å². The summed E-state index contributed by atoms with van der Waals surface area (Å²) < 4.78 is 1.39. The molecule has 1 N–H and O–H groups in total. The maximum absolute atomic E-state index is 12.5. The van der Waals surface area contributed by atoms with Crippen LogP contribution in [0.25, 0.3) is 5.52 Å². The van der Waals surface area contributed by atoms with Gasteiger partial charge in [0.05, 0.1) is 17.7 Å². The minimum absolute atomic E-state index is 0.0450. The summed E-state index contributed by atoms with van der Waals surface area (Å²) in [7, 11) is 0. The van der Waals surface area contributed by atoms with Crippen LogP contribution in [0.5, 0.6) is 0 Å². The van der Waals surface area contributed by atoms with E-state index in [9.17, 15) is 9.59 Å². The highest BCUT2D eigenvalue weighted by Crippen LogP contribution is 2.25. The van der Waals surface area contributed by atoms with Gasteiger partial charge in [-0.05, 0) is 18.1 Å². The number of rotatable bonds is 2. The SMILES string of the molecule is C[C@@H]1CN(C(=O)c2cnn3ncccc23)C[C@H]1C(=O)O. The van der Waals surface area contributed by atoms with Crippen LogP contribution in [0.4, 0.5) is 0 Å². The topological polar surface area (TPSA) is 87.8 Å². The zero-order valence-corrected chi connectivity index (χ0v) is 10.9. The van der Waals surface area contributed by atoms with Crippen LogP contribution >= 0.6 is 0 Å². The van der Waals surface area contributed by atoms with Crippen molar-refractivity contribution in [3.63, 3.8) is 0 Å². The molecule has 0 spiro atoms. The normalized spacial score (nSPS) is 22.4. The summed E-state index contributed by atoms with van der Waals surface area (Å²) in [6.07, 6.45) is 3.07. The van der Waals surface area contributed by atoms with E-state index in [-0.39, 0.29) is 18.4 Å². The Morgan fingerprint density at radius 1 is 1.35 bits per heavy atom. The molecular formula is C13H14N4O3. The summed E-state index contributed by atoms with van der Waals surface area (Å²) in [4.78, 5) is 25.2. The van der Waals surface area contributed by atoms with E-state index in [0.29, 0.717) is 17.6 Å². The molecule has 0 bridgehead atoms. The van der Waals surface area contributed by atoms with E-state index in [4.69, 9.17) is 5.11 Å². The first-order chi connectivity index (χ1) is 9.58. The molecule has 0 saturated carbocycles. The molecule has 3 rings (SSSR count). The molecule has 2 aromatic heterocycles. The lowest BCUT2D eigenvalue weighted by Crippen LogP contribution is -2.29. The van der Waals surface area contributed by atoms with E-state index < -0.39 is 11.9 Å². The molecule has 0 radical (unpaired) electrons. The molecule has 2 atom stereocenters. The molecule has 0 aliphatic carbocycles. The molecule has 1 fully saturated rings. The second-order valence-electron chi connectivity index (χ2n) is 5.09. The number of carbonyl (C=O) groups excluding carboxylic acids is 1. The Bertz CT molecular complexity index is 681. The van der Waals surface area contributed by atoms with Crippen molar-refractivity contribution in [2.24, 2.45) is 11.8 Å². The van der Waals surface area contributed by atoms with Crippen LogP contribution in [0, 0.1) is 11.8 Å². The molecule has 1 amide bonds. The van der Waals surface area contributed by atoms with Crippen LogP contribution < -0.4 is 0 Å². The van der Waals surface area contributed by atoms with Gasteiger partial charge in [-0.3, -0.25) is 9.59 Å². The van der Waals surface area contributed by atoms with Crippen LogP contribution in [0.1, 0.15) is 17.3 Å². The number of carboxylic acids is 1. The number of nitrogens with zero attached hydrogens (tertiary/aromatic N) is 4. The Labute approximate surface area is 114 Å². The van der Waals surface area contributed by atoms with Crippen LogP contribution in [-0.4, -0.2) is 49.8 Å². The predicted octanol–water partition coefficient (Wildman–Crippen LogP) is 0.522. The van der Waals surface area contributed by atoms with E-state index in [1.165, 1.54) is 10.8 Å². The molecule has 2 aromatic rings. The van der Waals surface area contributed by atoms with Gasteiger partial charge in [-0.15, -0.1) is 0 Å². The van der Waals surface area contributed by atoms with Gasteiger partial charge in [-0.25, -0.2) is 0 Å². The Hall–Kier alpha value is -2.44. The van der Waals surface area contributed by atoms with Crippen LogP contribution in [-0.2, 0) is 4.79 Å². The van der Waals surface area contributed by atoms with E-state index in [1.54, 1.807) is 23.2 Å². The van der Waals surface area contributed by atoms with E-state index in [0.717, 1.165) is 0 Å². The van der Waals surface area contributed by atoms with Crippen LogP contribution in [0.2, 0.25) is 0 Å². The molecule has 3 heterocycles.